The third-order valence-electron chi connectivity index (χ3n) is 4.43. The third-order valence-corrected chi connectivity index (χ3v) is 4.43. The van der Waals surface area contributed by atoms with E-state index in [1.165, 1.54) is 4.57 Å². The highest BCUT2D eigenvalue weighted by molar-refractivity contribution is 5.85. The number of carbonyl (C=O) groups excluding carboxylic acids is 1. The molecule has 2 heterocycles. The molecule has 0 spiro atoms. The normalized spacial score (nSPS) is 16.8. The SMILES string of the molecule is CN(C(=O)CCn1c(=O)[nH]c(=O)c2ccccc21)C1CCNC1.Cl. The molecule has 2 N–H and O–H groups in total. The van der Waals surface area contributed by atoms with Crippen LogP contribution in [0.2, 0.25) is 0 Å². The van der Waals surface area contributed by atoms with Crippen LogP contribution in [0.1, 0.15) is 12.8 Å². The third kappa shape index (κ3) is 3.52. The van der Waals surface area contributed by atoms with E-state index in [0.29, 0.717) is 10.9 Å². The van der Waals surface area contributed by atoms with E-state index in [1.807, 2.05) is 0 Å². The van der Waals surface area contributed by atoms with Gasteiger partial charge >= 0.3 is 5.69 Å². The zero-order valence-corrected chi connectivity index (χ0v) is 14.3. The predicted molar refractivity (Wildman–Crippen MR) is 94.7 cm³/mol. The Labute approximate surface area is 145 Å². The first-order valence-corrected chi connectivity index (χ1v) is 7.76. The van der Waals surface area contributed by atoms with Gasteiger partial charge in [-0.05, 0) is 25.1 Å². The maximum atomic E-state index is 12.3. The van der Waals surface area contributed by atoms with Gasteiger partial charge in [-0.3, -0.25) is 19.1 Å². The van der Waals surface area contributed by atoms with Crippen molar-refractivity contribution in [2.75, 3.05) is 20.1 Å². The van der Waals surface area contributed by atoms with Gasteiger partial charge in [0.25, 0.3) is 5.56 Å². The summed E-state index contributed by atoms with van der Waals surface area (Å²) in [5.41, 5.74) is -0.326. The lowest BCUT2D eigenvalue weighted by molar-refractivity contribution is -0.131. The number of likely N-dealkylation sites (N-methyl/N-ethyl adjacent to an activating group) is 1. The van der Waals surface area contributed by atoms with Crippen molar-refractivity contribution < 1.29 is 4.79 Å². The number of nitrogens with one attached hydrogen (secondary N) is 2. The molecular formula is C16H21ClN4O3. The number of halogens is 1. The summed E-state index contributed by atoms with van der Waals surface area (Å²) in [5, 5.41) is 3.68. The minimum atomic E-state index is -0.480. The molecule has 24 heavy (non-hydrogen) atoms. The molecule has 0 radical (unpaired) electrons. The van der Waals surface area contributed by atoms with Crippen molar-refractivity contribution in [1.82, 2.24) is 19.8 Å². The number of fused-ring (bicyclic) bond motifs is 1. The summed E-state index contributed by atoms with van der Waals surface area (Å²) in [7, 11) is 1.80. The van der Waals surface area contributed by atoms with Crippen LogP contribution in [-0.4, -0.2) is 46.5 Å². The van der Waals surface area contributed by atoms with Crippen LogP contribution in [-0.2, 0) is 11.3 Å². The molecule has 3 rings (SSSR count). The highest BCUT2D eigenvalue weighted by Crippen LogP contribution is 2.10. The average molecular weight is 353 g/mol. The molecule has 1 aromatic heterocycles. The maximum Gasteiger partial charge on any atom is 0.328 e. The van der Waals surface area contributed by atoms with E-state index in [-0.39, 0.29) is 37.3 Å². The standard InChI is InChI=1S/C16H20N4O3.ClH/c1-19(11-6-8-17-10-11)14(21)7-9-20-13-5-3-2-4-12(13)15(22)18-16(20)23;/h2-5,11,17H,6-10H2,1H3,(H,18,22,23);1H. The molecule has 0 bridgehead atoms. The largest absolute Gasteiger partial charge is 0.341 e. The molecule has 7 nitrogen and oxygen atoms in total. The number of nitrogens with zero attached hydrogens (tertiary/aromatic N) is 2. The van der Waals surface area contributed by atoms with E-state index >= 15 is 0 Å². The van der Waals surface area contributed by atoms with Gasteiger partial charge in [0.05, 0.1) is 10.9 Å². The molecule has 1 aliphatic rings. The number of para-hydroxylation sites is 1. The fraction of sp³-hybridized carbons (Fsp3) is 0.438. The minimum Gasteiger partial charge on any atom is -0.341 e. The highest BCUT2D eigenvalue weighted by atomic mass is 35.5. The molecule has 1 aromatic carbocycles. The molecule has 1 aliphatic heterocycles. The zero-order valence-electron chi connectivity index (χ0n) is 13.4. The monoisotopic (exact) mass is 352 g/mol. The molecule has 1 saturated heterocycles. The number of carbonyl (C=O) groups is 1. The quantitative estimate of drug-likeness (QED) is 0.829. The van der Waals surface area contributed by atoms with Crippen LogP contribution >= 0.6 is 12.4 Å². The van der Waals surface area contributed by atoms with Gasteiger partial charge in [-0.1, -0.05) is 12.1 Å². The van der Waals surface area contributed by atoms with Crippen molar-refractivity contribution in [3.8, 4) is 0 Å². The molecule has 1 amide bonds. The average Bonchev–Trinajstić information content (AvgIpc) is 3.08. The fourth-order valence-electron chi connectivity index (χ4n) is 3.02. The highest BCUT2D eigenvalue weighted by Gasteiger charge is 2.23. The smallest absolute Gasteiger partial charge is 0.328 e. The number of rotatable bonds is 4. The molecule has 8 heteroatoms. The van der Waals surface area contributed by atoms with Crippen LogP contribution in [0.15, 0.2) is 33.9 Å². The number of benzene rings is 1. The van der Waals surface area contributed by atoms with Gasteiger partial charge < -0.3 is 10.2 Å². The van der Waals surface area contributed by atoms with E-state index in [4.69, 9.17) is 0 Å². The summed E-state index contributed by atoms with van der Waals surface area (Å²) in [6.45, 7) is 1.98. The predicted octanol–water partition coefficient (Wildman–Crippen LogP) is 0.322. The summed E-state index contributed by atoms with van der Waals surface area (Å²) in [5.74, 6) is 0.000816. The molecule has 1 fully saturated rings. The van der Waals surface area contributed by atoms with Crippen molar-refractivity contribution in [2.24, 2.45) is 0 Å². The van der Waals surface area contributed by atoms with Gasteiger partial charge in [-0.25, -0.2) is 4.79 Å². The van der Waals surface area contributed by atoms with E-state index < -0.39 is 11.2 Å². The first-order chi connectivity index (χ1) is 11.1. The summed E-state index contributed by atoms with van der Waals surface area (Å²) >= 11 is 0. The van der Waals surface area contributed by atoms with Gasteiger partial charge in [-0.2, -0.15) is 0 Å². The van der Waals surface area contributed by atoms with Crippen LogP contribution in [0.25, 0.3) is 10.9 Å². The topological polar surface area (TPSA) is 87.2 Å². The molecular weight excluding hydrogens is 332 g/mol. The van der Waals surface area contributed by atoms with Crippen molar-refractivity contribution in [3.63, 3.8) is 0 Å². The first-order valence-electron chi connectivity index (χ1n) is 7.76. The Morgan fingerprint density at radius 3 is 2.79 bits per heavy atom. The number of aromatic nitrogens is 2. The Morgan fingerprint density at radius 1 is 1.33 bits per heavy atom. The van der Waals surface area contributed by atoms with E-state index in [0.717, 1.165) is 19.5 Å². The lowest BCUT2D eigenvalue weighted by Crippen LogP contribution is -2.39. The first kappa shape index (κ1) is 18.2. The Morgan fingerprint density at radius 2 is 2.08 bits per heavy atom. The minimum absolute atomic E-state index is 0. The molecule has 130 valence electrons. The lowest BCUT2D eigenvalue weighted by Gasteiger charge is -2.24. The maximum absolute atomic E-state index is 12.3. The van der Waals surface area contributed by atoms with E-state index in [9.17, 15) is 14.4 Å². The van der Waals surface area contributed by atoms with Crippen molar-refractivity contribution in [3.05, 3.63) is 45.1 Å². The zero-order chi connectivity index (χ0) is 16.4. The summed E-state index contributed by atoms with van der Waals surface area (Å²) in [6, 6.07) is 7.13. The molecule has 2 aromatic rings. The Hall–Kier alpha value is -2.12. The molecule has 0 aliphatic carbocycles. The number of amides is 1. The van der Waals surface area contributed by atoms with E-state index in [2.05, 4.69) is 10.3 Å². The Kier molecular flexibility index (Phi) is 5.80. The van der Waals surface area contributed by atoms with Crippen LogP contribution in [0.3, 0.4) is 0 Å². The molecule has 1 atom stereocenters. The number of aryl methyl sites for hydroxylation is 1. The van der Waals surface area contributed by atoms with Crippen molar-refractivity contribution >= 4 is 29.2 Å². The Bertz CT molecular complexity index is 839. The Balaban J connectivity index is 0.00000208. The van der Waals surface area contributed by atoms with Crippen molar-refractivity contribution in [1.29, 1.82) is 0 Å². The van der Waals surface area contributed by atoms with Gasteiger partial charge in [0.15, 0.2) is 0 Å². The van der Waals surface area contributed by atoms with Gasteiger partial charge in [0.2, 0.25) is 5.91 Å². The second-order valence-electron chi connectivity index (χ2n) is 5.83. The van der Waals surface area contributed by atoms with E-state index in [1.54, 1.807) is 36.2 Å². The fourth-order valence-corrected chi connectivity index (χ4v) is 3.02. The number of hydrogen-bond acceptors (Lipinski definition) is 4. The molecule has 1 unspecified atom stereocenters. The van der Waals surface area contributed by atoms with Gasteiger partial charge in [0.1, 0.15) is 0 Å². The van der Waals surface area contributed by atoms with Crippen molar-refractivity contribution in [2.45, 2.75) is 25.4 Å². The summed E-state index contributed by atoms with van der Waals surface area (Å²) in [6.07, 6.45) is 1.17. The van der Waals surface area contributed by atoms with Crippen LogP contribution in [0.5, 0.6) is 0 Å². The second-order valence-corrected chi connectivity index (χ2v) is 5.83. The second kappa shape index (κ2) is 7.63. The lowest BCUT2D eigenvalue weighted by atomic mass is 10.2. The van der Waals surface area contributed by atoms with Crippen LogP contribution in [0.4, 0.5) is 0 Å². The van der Waals surface area contributed by atoms with Gasteiger partial charge in [-0.15, -0.1) is 12.4 Å². The van der Waals surface area contributed by atoms with Crippen LogP contribution < -0.4 is 16.6 Å². The van der Waals surface area contributed by atoms with Crippen LogP contribution in [0, 0.1) is 0 Å². The summed E-state index contributed by atoms with van der Waals surface area (Å²) in [4.78, 5) is 40.3. The van der Waals surface area contributed by atoms with Gasteiger partial charge in [0, 0.05) is 32.6 Å². The molecule has 0 saturated carbocycles. The summed E-state index contributed by atoms with van der Waals surface area (Å²) < 4.78 is 1.45. The number of aromatic amines is 1. The number of H-pyrrole nitrogens is 1. The number of hydrogen-bond donors (Lipinski definition) is 2.